The van der Waals surface area contributed by atoms with Gasteiger partial charge >= 0.3 is 0 Å². The maximum absolute atomic E-state index is 11.4. The van der Waals surface area contributed by atoms with E-state index >= 15 is 0 Å². The molecule has 0 aromatic heterocycles. The predicted octanol–water partition coefficient (Wildman–Crippen LogP) is 1.93. The van der Waals surface area contributed by atoms with Crippen molar-refractivity contribution in [3.8, 4) is 5.75 Å². The molecule has 1 N–H and O–H groups in total. The van der Waals surface area contributed by atoms with Gasteiger partial charge < -0.3 is 19.6 Å². The third-order valence-corrected chi connectivity index (χ3v) is 4.84. The van der Waals surface area contributed by atoms with Gasteiger partial charge in [0.25, 0.3) is 0 Å². The third kappa shape index (κ3) is 5.49. The van der Waals surface area contributed by atoms with Gasteiger partial charge in [0.15, 0.2) is 0 Å². The largest absolute Gasteiger partial charge is 0.491 e. The van der Waals surface area contributed by atoms with Gasteiger partial charge in [-0.25, -0.2) is 0 Å². The number of amides is 1. The molecule has 0 radical (unpaired) electrons. The number of nitrogens with zero attached hydrogens (tertiary/aromatic N) is 2. The van der Waals surface area contributed by atoms with E-state index in [1.54, 1.807) is 6.92 Å². The summed E-state index contributed by atoms with van der Waals surface area (Å²) in [6.45, 7) is 6.47. The fourth-order valence-corrected chi connectivity index (χ4v) is 3.11. The summed E-state index contributed by atoms with van der Waals surface area (Å²) >= 11 is 0. The SMILES string of the molecule is CCc1ccc(OCC(O)CN2CCC(N(C)C(C)=O)CC2)cc1. The number of aryl methyl sites for hydroxylation is 1. The van der Waals surface area contributed by atoms with Crippen molar-refractivity contribution in [1.29, 1.82) is 0 Å². The van der Waals surface area contributed by atoms with E-state index in [2.05, 4.69) is 24.0 Å². The van der Waals surface area contributed by atoms with Gasteiger partial charge in [0.05, 0.1) is 0 Å². The first-order chi connectivity index (χ1) is 11.5. The molecule has 134 valence electrons. The van der Waals surface area contributed by atoms with Crippen LogP contribution in [0.4, 0.5) is 0 Å². The number of carbonyl (C=O) groups excluding carboxylic acids is 1. The Morgan fingerprint density at radius 3 is 2.50 bits per heavy atom. The van der Waals surface area contributed by atoms with Crippen LogP contribution in [-0.4, -0.2) is 66.2 Å². The molecule has 2 rings (SSSR count). The Morgan fingerprint density at radius 1 is 1.33 bits per heavy atom. The molecule has 1 aromatic rings. The van der Waals surface area contributed by atoms with Crippen molar-refractivity contribution in [3.05, 3.63) is 29.8 Å². The maximum atomic E-state index is 11.4. The summed E-state index contributed by atoms with van der Waals surface area (Å²) in [6.07, 6.45) is 2.43. The lowest BCUT2D eigenvalue weighted by Gasteiger charge is -2.37. The van der Waals surface area contributed by atoms with Gasteiger partial charge in [-0.15, -0.1) is 0 Å². The molecule has 1 amide bonds. The zero-order valence-electron chi connectivity index (χ0n) is 15.1. The average Bonchev–Trinajstić information content (AvgIpc) is 2.60. The Balaban J connectivity index is 1.69. The lowest BCUT2D eigenvalue weighted by Crippen LogP contribution is -2.47. The quantitative estimate of drug-likeness (QED) is 0.828. The number of piperidine rings is 1. The average molecular weight is 334 g/mol. The van der Waals surface area contributed by atoms with Crippen molar-refractivity contribution in [2.45, 2.75) is 45.3 Å². The minimum Gasteiger partial charge on any atom is -0.491 e. The smallest absolute Gasteiger partial charge is 0.219 e. The van der Waals surface area contributed by atoms with Crippen LogP contribution in [0.2, 0.25) is 0 Å². The van der Waals surface area contributed by atoms with Crippen LogP contribution in [0.25, 0.3) is 0 Å². The zero-order chi connectivity index (χ0) is 17.5. The molecule has 1 aliphatic rings. The van der Waals surface area contributed by atoms with Gasteiger partial charge in [0.1, 0.15) is 18.5 Å². The highest BCUT2D eigenvalue weighted by atomic mass is 16.5. The van der Waals surface area contributed by atoms with Crippen molar-refractivity contribution < 1.29 is 14.6 Å². The topological polar surface area (TPSA) is 53.0 Å². The molecule has 5 heteroatoms. The molecular formula is C19H30N2O3. The van der Waals surface area contributed by atoms with Gasteiger partial charge in [-0.2, -0.15) is 0 Å². The summed E-state index contributed by atoms with van der Waals surface area (Å²) in [5, 5.41) is 10.2. The molecular weight excluding hydrogens is 304 g/mol. The summed E-state index contributed by atoms with van der Waals surface area (Å²) in [5.41, 5.74) is 1.28. The number of aliphatic hydroxyl groups is 1. The molecule has 0 aliphatic carbocycles. The second kappa shape index (κ2) is 9.04. The Bertz CT molecular complexity index is 510. The minimum absolute atomic E-state index is 0.121. The van der Waals surface area contributed by atoms with Crippen molar-refractivity contribution in [1.82, 2.24) is 9.80 Å². The van der Waals surface area contributed by atoms with E-state index in [0.29, 0.717) is 19.2 Å². The number of rotatable bonds is 7. The van der Waals surface area contributed by atoms with E-state index in [1.807, 2.05) is 24.1 Å². The number of aliphatic hydroxyl groups excluding tert-OH is 1. The zero-order valence-corrected chi connectivity index (χ0v) is 15.1. The highest BCUT2D eigenvalue weighted by molar-refractivity contribution is 5.73. The summed E-state index contributed by atoms with van der Waals surface area (Å²) in [5.74, 6) is 0.920. The van der Waals surface area contributed by atoms with Crippen LogP contribution >= 0.6 is 0 Å². The first kappa shape index (κ1) is 18.7. The molecule has 5 nitrogen and oxygen atoms in total. The third-order valence-electron chi connectivity index (χ3n) is 4.84. The molecule has 0 spiro atoms. The van der Waals surface area contributed by atoms with E-state index in [1.165, 1.54) is 5.56 Å². The summed E-state index contributed by atoms with van der Waals surface area (Å²) < 4.78 is 5.67. The predicted molar refractivity (Wildman–Crippen MR) is 95.2 cm³/mol. The van der Waals surface area contributed by atoms with E-state index < -0.39 is 6.10 Å². The Hall–Kier alpha value is -1.59. The summed E-state index contributed by atoms with van der Waals surface area (Å²) in [7, 11) is 1.87. The van der Waals surface area contributed by atoms with Gasteiger partial charge in [0.2, 0.25) is 5.91 Å². The summed E-state index contributed by atoms with van der Waals surface area (Å²) in [4.78, 5) is 15.5. The number of β-amino-alcohol motifs (C(OH)–C–C–N with tert-alkyl or cyclic N) is 1. The Labute approximate surface area is 145 Å². The molecule has 0 saturated carbocycles. The molecule has 24 heavy (non-hydrogen) atoms. The van der Waals surface area contributed by atoms with Crippen molar-refractivity contribution in [2.24, 2.45) is 0 Å². The molecule has 1 fully saturated rings. The number of likely N-dealkylation sites (tertiary alicyclic amines) is 1. The van der Waals surface area contributed by atoms with Crippen LogP contribution in [0.1, 0.15) is 32.3 Å². The monoisotopic (exact) mass is 334 g/mol. The first-order valence-corrected chi connectivity index (χ1v) is 8.85. The number of hydrogen-bond donors (Lipinski definition) is 1. The van der Waals surface area contributed by atoms with Crippen LogP contribution in [0.5, 0.6) is 5.75 Å². The summed E-state index contributed by atoms with van der Waals surface area (Å²) in [6, 6.07) is 8.34. The van der Waals surface area contributed by atoms with Crippen molar-refractivity contribution >= 4 is 5.91 Å². The van der Waals surface area contributed by atoms with Gasteiger partial charge in [0, 0.05) is 39.6 Å². The molecule has 0 bridgehead atoms. The normalized spacial score (nSPS) is 17.5. The molecule has 1 saturated heterocycles. The minimum atomic E-state index is -0.502. The van der Waals surface area contributed by atoms with E-state index in [0.717, 1.165) is 38.1 Å². The number of ether oxygens (including phenoxy) is 1. The second-order valence-corrected chi connectivity index (χ2v) is 6.62. The Morgan fingerprint density at radius 2 is 1.96 bits per heavy atom. The molecule has 1 unspecified atom stereocenters. The molecule has 1 aromatic carbocycles. The van der Waals surface area contributed by atoms with Crippen LogP contribution < -0.4 is 4.74 Å². The van der Waals surface area contributed by atoms with Crippen LogP contribution in [0.3, 0.4) is 0 Å². The lowest BCUT2D eigenvalue weighted by atomic mass is 10.0. The number of carbonyl (C=O) groups is 1. The first-order valence-electron chi connectivity index (χ1n) is 8.85. The lowest BCUT2D eigenvalue weighted by molar-refractivity contribution is -0.130. The standard InChI is InChI=1S/C19H30N2O3/c1-4-16-5-7-19(8-6-16)24-14-18(23)13-21-11-9-17(10-12-21)20(3)15(2)22/h5-8,17-18,23H,4,9-14H2,1-3H3. The highest BCUT2D eigenvalue weighted by Crippen LogP contribution is 2.16. The number of benzene rings is 1. The number of hydrogen-bond acceptors (Lipinski definition) is 4. The maximum Gasteiger partial charge on any atom is 0.219 e. The fourth-order valence-electron chi connectivity index (χ4n) is 3.11. The highest BCUT2D eigenvalue weighted by Gasteiger charge is 2.24. The van der Waals surface area contributed by atoms with Gasteiger partial charge in [-0.1, -0.05) is 19.1 Å². The fraction of sp³-hybridized carbons (Fsp3) is 0.632. The second-order valence-electron chi connectivity index (χ2n) is 6.62. The van der Waals surface area contributed by atoms with Crippen LogP contribution in [0, 0.1) is 0 Å². The van der Waals surface area contributed by atoms with Gasteiger partial charge in [-0.05, 0) is 37.0 Å². The van der Waals surface area contributed by atoms with Crippen LogP contribution in [-0.2, 0) is 11.2 Å². The van der Waals surface area contributed by atoms with Crippen molar-refractivity contribution in [3.63, 3.8) is 0 Å². The van der Waals surface area contributed by atoms with E-state index in [9.17, 15) is 9.90 Å². The Kier molecular flexibility index (Phi) is 7.06. The van der Waals surface area contributed by atoms with Gasteiger partial charge in [-0.3, -0.25) is 4.79 Å². The van der Waals surface area contributed by atoms with E-state index in [4.69, 9.17) is 4.74 Å². The van der Waals surface area contributed by atoms with Crippen molar-refractivity contribution in [2.75, 3.05) is 33.3 Å². The molecule has 1 heterocycles. The molecule has 1 aliphatic heterocycles. The molecule has 1 atom stereocenters. The van der Waals surface area contributed by atoms with Crippen LogP contribution in [0.15, 0.2) is 24.3 Å². The van der Waals surface area contributed by atoms with E-state index in [-0.39, 0.29) is 5.91 Å².